The van der Waals surface area contributed by atoms with Crippen LogP contribution in [0, 0.1) is 6.92 Å². The Morgan fingerprint density at radius 2 is 1.46 bits per heavy atom. The summed E-state index contributed by atoms with van der Waals surface area (Å²) in [6.45, 7) is 6.04. The highest BCUT2D eigenvalue weighted by Crippen LogP contribution is 2.29. The number of hydrogen-bond acceptors (Lipinski definition) is 1. The van der Waals surface area contributed by atoms with Gasteiger partial charge in [0.1, 0.15) is 5.75 Å². The van der Waals surface area contributed by atoms with E-state index in [1.165, 1.54) is 5.56 Å². The number of benzene rings is 1. The molecule has 0 fully saturated rings. The molecule has 0 N–H and O–H groups in total. The fourth-order valence-corrected chi connectivity index (χ4v) is 1.88. The molecule has 0 aromatic heterocycles. The van der Waals surface area contributed by atoms with Gasteiger partial charge in [0, 0.05) is 8.95 Å². The van der Waals surface area contributed by atoms with Gasteiger partial charge in [-0.3, -0.25) is 0 Å². The topological polar surface area (TPSA) is 9.23 Å². The predicted molar refractivity (Wildman–Crippen MR) is 64.5 cm³/mol. The summed E-state index contributed by atoms with van der Waals surface area (Å²) in [6, 6.07) is 3.89. The van der Waals surface area contributed by atoms with E-state index in [0.29, 0.717) is 0 Å². The van der Waals surface area contributed by atoms with Crippen molar-refractivity contribution in [3.05, 3.63) is 26.6 Å². The van der Waals surface area contributed by atoms with Crippen LogP contribution < -0.4 is 4.74 Å². The Kier molecular flexibility index (Phi) is 6.43. The fraction of sp³-hybridized carbons (Fsp3) is 0.400. The zero-order valence-corrected chi connectivity index (χ0v) is 11.5. The molecule has 0 saturated carbocycles. The van der Waals surface area contributed by atoms with Gasteiger partial charge in [-0.1, -0.05) is 45.7 Å². The standard InChI is InChI=1S/C8H8Br2O.C2H6/c1-5-7(9)3-6(11-2)4-8(5)10;1-2/h3-4H,1-2H3;1-2H3. The molecule has 0 amide bonds. The largest absolute Gasteiger partial charge is 0.497 e. The van der Waals surface area contributed by atoms with E-state index < -0.39 is 0 Å². The minimum Gasteiger partial charge on any atom is -0.497 e. The fourth-order valence-electron chi connectivity index (χ4n) is 0.740. The molecule has 0 unspecified atom stereocenters. The van der Waals surface area contributed by atoms with Gasteiger partial charge >= 0.3 is 0 Å². The Labute approximate surface area is 96.7 Å². The van der Waals surface area contributed by atoms with Gasteiger partial charge in [-0.15, -0.1) is 0 Å². The lowest BCUT2D eigenvalue weighted by Gasteiger charge is -2.04. The summed E-state index contributed by atoms with van der Waals surface area (Å²) < 4.78 is 7.19. The molecule has 0 aliphatic carbocycles. The quantitative estimate of drug-likeness (QED) is 0.739. The van der Waals surface area contributed by atoms with Crippen LogP contribution in [0.25, 0.3) is 0 Å². The molecule has 0 radical (unpaired) electrons. The molecule has 0 bridgehead atoms. The molecule has 13 heavy (non-hydrogen) atoms. The minimum atomic E-state index is 0.856. The maximum atomic E-state index is 5.07. The van der Waals surface area contributed by atoms with Crippen LogP contribution >= 0.6 is 31.9 Å². The third-order valence-corrected chi connectivity index (χ3v) is 3.14. The molecule has 3 heteroatoms. The van der Waals surface area contributed by atoms with E-state index in [1.807, 2.05) is 32.9 Å². The van der Waals surface area contributed by atoms with Crippen LogP contribution in [0.15, 0.2) is 21.1 Å². The summed E-state index contributed by atoms with van der Waals surface area (Å²) in [5, 5.41) is 0. The van der Waals surface area contributed by atoms with Gasteiger partial charge in [0.25, 0.3) is 0 Å². The van der Waals surface area contributed by atoms with Crippen molar-refractivity contribution in [1.82, 2.24) is 0 Å². The van der Waals surface area contributed by atoms with Crippen LogP contribution in [0.5, 0.6) is 5.75 Å². The third kappa shape index (κ3) is 3.69. The van der Waals surface area contributed by atoms with Gasteiger partial charge in [0.2, 0.25) is 0 Å². The lowest BCUT2D eigenvalue weighted by Crippen LogP contribution is -1.85. The van der Waals surface area contributed by atoms with Crippen LogP contribution in [0.1, 0.15) is 19.4 Å². The molecule has 0 aliphatic heterocycles. The Balaban J connectivity index is 0.000000671. The highest BCUT2D eigenvalue weighted by Gasteiger charge is 2.02. The number of ether oxygens (including phenoxy) is 1. The van der Waals surface area contributed by atoms with E-state index in [4.69, 9.17) is 4.74 Å². The molecule has 1 rings (SSSR count). The van der Waals surface area contributed by atoms with Crippen LogP contribution in [-0.4, -0.2) is 7.11 Å². The molecular weight excluding hydrogens is 296 g/mol. The van der Waals surface area contributed by atoms with E-state index in [-0.39, 0.29) is 0 Å². The first-order valence-corrected chi connectivity index (χ1v) is 5.73. The maximum absolute atomic E-state index is 5.07. The molecule has 1 aromatic rings. The molecule has 0 atom stereocenters. The summed E-state index contributed by atoms with van der Waals surface area (Å²) in [5.74, 6) is 0.856. The molecule has 0 saturated heterocycles. The number of methoxy groups -OCH3 is 1. The van der Waals surface area contributed by atoms with Crippen molar-refractivity contribution in [2.24, 2.45) is 0 Å². The Morgan fingerprint density at radius 3 is 1.77 bits per heavy atom. The number of rotatable bonds is 1. The Morgan fingerprint density at radius 1 is 1.08 bits per heavy atom. The highest BCUT2D eigenvalue weighted by atomic mass is 79.9. The SMILES string of the molecule is CC.COc1cc(Br)c(C)c(Br)c1. The van der Waals surface area contributed by atoms with Gasteiger partial charge in [-0.25, -0.2) is 0 Å². The first-order valence-electron chi connectivity index (χ1n) is 4.15. The zero-order valence-electron chi connectivity index (χ0n) is 8.32. The van der Waals surface area contributed by atoms with Crippen molar-refractivity contribution < 1.29 is 4.74 Å². The molecule has 0 heterocycles. The van der Waals surface area contributed by atoms with Crippen molar-refractivity contribution in [3.63, 3.8) is 0 Å². The molecule has 74 valence electrons. The monoisotopic (exact) mass is 308 g/mol. The van der Waals surface area contributed by atoms with Crippen molar-refractivity contribution >= 4 is 31.9 Å². The first-order chi connectivity index (χ1) is 6.15. The van der Waals surface area contributed by atoms with Gasteiger partial charge in [-0.05, 0) is 24.6 Å². The summed E-state index contributed by atoms with van der Waals surface area (Å²) in [4.78, 5) is 0. The predicted octanol–water partition coefficient (Wildman–Crippen LogP) is 4.55. The van der Waals surface area contributed by atoms with Crippen molar-refractivity contribution in [2.75, 3.05) is 7.11 Å². The third-order valence-electron chi connectivity index (χ3n) is 1.49. The maximum Gasteiger partial charge on any atom is 0.121 e. The number of halogens is 2. The van der Waals surface area contributed by atoms with Crippen LogP contribution in [-0.2, 0) is 0 Å². The second kappa shape index (κ2) is 6.44. The summed E-state index contributed by atoms with van der Waals surface area (Å²) in [7, 11) is 1.66. The first kappa shape index (κ1) is 13.0. The molecule has 0 aliphatic rings. The van der Waals surface area contributed by atoms with E-state index in [0.717, 1.165) is 14.7 Å². The molecule has 1 nitrogen and oxygen atoms in total. The molecular formula is C10H14Br2O. The van der Waals surface area contributed by atoms with E-state index >= 15 is 0 Å². The van der Waals surface area contributed by atoms with Gasteiger partial charge in [0.05, 0.1) is 7.11 Å². The van der Waals surface area contributed by atoms with Crippen LogP contribution in [0.4, 0.5) is 0 Å². The van der Waals surface area contributed by atoms with Crippen LogP contribution in [0.3, 0.4) is 0 Å². The van der Waals surface area contributed by atoms with Gasteiger partial charge < -0.3 is 4.74 Å². The lowest BCUT2D eigenvalue weighted by atomic mass is 10.2. The summed E-state index contributed by atoms with van der Waals surface area (Å²) in [5.41, 5.74) is 1.19. The average Bonchev–Trinajstić information content (AvgIpc) is 2.16. The normalized spacial score (nSPS) is 8.77. The second-order valence-electron chi connectivity index (χ2n) is 2.22. The Hall–Kier alpha value is -0.0200. The number of hydrogen-bond donors (Lipinski definition) is 0. The lowest BCUT2D eigenvalue weighted by molar-refractivity contribution is 0.414. The summed E-state index contributed by atoms with van der Waals surface area (Å²) in [6.07, 6.45) is 0. The average molecular weight is 310 g/mol. The van der Waals surface area contributed by atoms with Crippen molar-refractivity contribution in [3.8, 4) is 5.75 Å². The molecule has 1 aromatic carbocycles. The smallest absolute Gasteiger partial charge is 0.121 e. The molecule has 0 spiro atoms. The highest BCUT2D eigenvalue weighted by molar-refractivity contribution is 9.11. The van der Waals surface area contributed by atoms with E-state index in [2.05, 4.69) is 31.9 Å². The second-order valence-corrected chi connectivity index (χ2v) is 3.92. The Bertz CT molecular complexity index is 249. The van der Waals surface area contributed by atoms with E-state index in [1.54, 1.807) is 7.11 Å². The van der Waals surface area contributed by atoms with Crippen molar-refractivity contribution in [2.45, 2.75) is 20.8 Å². The summed E-state index contributed by atoms with van der Waals surface area (Å²) >= 11 is 6.86. The minimum absolute atomic E-state index is 0.856. The van der Waals surface area contributed by atoms with Crippen molar-refractivity contribution in [1.29, 1.82) is 0 Å². The zero-order chi connectivity index (χ0) is 10.4. The van der Waals surface area contributed by atoms with E-state index in [9.17, 15) is 0 Å². The van der Waals surface area contributed by atoms with Gasteiger partial charge in [-0.2, -0.15) is 0 Å². The van der Waals surface area contributed by atoms with Gasteiger partial charge in [0.15, 0.2) is 0 Å². The van der Waals surface area contributed by atoms with Crippen LogP contribution in [0.2, 0.25) is 0 Å².